The van der Waals surface area contributed by atoms with E-state index in [1.165, 1.54) is 6.42 Å². The Morgan fingerprint density at radius 3 is 2.71 bits per heavy atom. The summed E-state index contributed by atoms with van der Waals surface area (Å²) in [6.45, 7) is 8.40. The van der Waals surface area contributed by atoms with Crippen molar-refractivity contribution in [1.29, 1.82) is 0 Å². The van der Waals surface area contributed by atoms with E-state index in [-0.39, 0.29) is 6.10 Å². The van der Waals surface area contributed by atoms with E-state index in [4.69, 9.17) is 0 Å². The molecule has 0 amide bonds. The Morgan fingerprint density at radius 2 is 2.06 bits per heavy atom. The van der Waals surface area contributed by atoms with Gasteiger partial charge in [0.1, 0.15) is 6.29 Å². The first kappa shape index (κ1) is 12.8. The minimum atomic E-state index is -0.156. The number of hydrogen-bond donors (Lipinski definition) is 1. The van der Waals surface area contributed by atoms with E-state index in [1.54, 1.807) is 0 Å². The third-order valence-electron chi connectivity index (χ3n) is 5.43. The molecule has 96 valence electrons. The highest BCUT2D eigenvalue weighted by atomic mass is 16.3. The van der Waals surface area contributed by atoms with Gasteiger partial charge < -0.3 is 5.11 Å². The second-order valence-corrected chi connectivity index (χ2v) is 6.39. The monoisotopic (exact) mass is 236 g/mol. The standard InChI is InChI=1S/C15H24O2/c1-10(9-16)12-4-6-15(3)7-5-14(17)11(2)13(15)8-12/h9,11-14,17H,1,4-8H2,2-3H3/t11-,12+,13-,14-,15-/m0/s1. The van der Waals surface area contributed by atoms with Crippen molar-refractivity contribution in [3.8, 4) is 0 Å². The van der Waals surface area contributed by atoms with Gasteiger partial charge in [-0.2, -0.15) is 0 Å². The van der Waals surface area contributed by atoms with Gasteiger partial charge in [0.25, 0.3) is 0 Å². The molecule has 0 spiro atoms. The lowest BCUT2D eigenvalue weighted by Gasteiger charge is -2.52. The second kappa shape index (κ2) is 4.56. The predicted octanol–water partition coefficient (Wildman–Crippen LogP) is 2.95. The predicted molar refractivity (Wildman–Crippen MR) is 68.5 cm³/mol. The van der Waals surface area contributed by atoms with Gasteiger partial charge in [-0.15, -0.1) is 0 Å². The lowest BCUT2D eigenvalue weighted by atomic mass is 9.54. The molecule has 1 N–H and O–H groups in total. The maximum Gasteiger partial charge on any atom is 0.145 e. The van der Waals surface area contributed by atoms with Gasteiger partial charge in [-0.25, -0.2) is 0 Å². The summed E-state index contributed by atoms with van der Waals surface area (Å²) in [4.78, 5) is 10.8. The number of aliphatic hydroxyl groups excluding tert-OH is 1. The van der Waals surface area contributed by atoms with Gasteiger partial charge in [-0.3, -0.25) is 4.79 Å². The maximum absolute atomic E-state index is 10.8. The molecule has 17 heavy (non-hydrogen) atoms. The second-order valence-electron chi connectivity index (χ2n) is 6.39. The first-order valence-electron chi connectivity index (χ1n) is 6.80. The van der Waals surface area contributed by atoms with E-state index in [1.807, 2.05) is 0 Å². The number of hydrogen-bond acceptors (Lipinski definition) is 2. The molecule has 0 aromatic carbocycles. The number of carbonyl (C=O) groups is 1. The van der Waals surface area contributed by atoms with Crippen LogP contribution in [0.5, 0.6) is 0 Å². The Bertz CT molecular complexity index is 323. The van der Waals surface area contributed by atoms with Gasteiger partial charge in [0.2, 0.25) is 0 Å². The fourth-order valence-corrected chi connectivity index (χ4v) is 4.00. The topological polar surface area (TPSA) is 37.3 Å². The fourth-order valence-electron chi connectivity index (χ4n) is 4.00. The molecule has 2 aliphatic carbocycles. The zero-order valence-electron chi connectivity index (χ0n) is 11.0. The molecule has 5 atom stereocenters. The molecule has 0 aromatic rings. The van der Waals surface area contributed by atoms with Crippen LogP contribution in [0.3, 0.4) is 0 Å². The number of aldehydes is 1. The van der Waals surface area contributed by atoms with Crippen LogP contribution < -0.4 is 0 Å². The summed E-state index contributed by atoms with van der Waals surface area (Å²) >= 11 is 0. The van der Waals surface area contributed by atoms with Crippen molar-refractivity contribution in [2.24, 2.45) is 23.2 Å². The lowest BCUT2D eigenvalue weighted by Crippen LogP contribution is -2.46. The van der Waals surface area contributed by atoms with E-state index in [0.29, 0.717) is 23.2 Å². The van der Waals surface area contributed by atoms with Crippen LogP contribution in [-0.4, -0.2) is 17.5 Å². The summed E-state index contributed by atoms with van der Waals surface area (Å²) in [7, 11) is 0. The maximum atomic E-state index is 10.8. The molecule has 0 unspecified atom stereocenters. The van der Waals surface area contributed by atoms with E-state index < -0.39 is 0 Å². The van der Waals surface area contributed by atoms with Crippen molar-refractivity contribution in [2.45, 2.75) is 52.1 Å². The summed E-state index contributed by atoms with van der Waals surface area (Å²) in [6, 6.07) is 0. The molecule has 2 fully saturated rings. The average molecular weight is 236 g/mol. The summed E-state index contributed by atoms with van der Waals surface area (Å²) in [6.07, 6.45) is 6.12. The first-order chi connectivity index (χ1) is 7.98. The fraction of sp³-hybridized carbons (Fsp3) is 0.800. The smallest absolute Gasteiger partial charge is 0.145 e. The molecule has 2 heteroatoms. The Balaban J connectivity index is 2.15. The highest BCUT2D eigenvalue weighted by Gasteiger charge is 2.47. The molecule has 2 rings (SSSR count). The van der Waals surface area contributed by atoms with Crippen molar-refractivity contribution >= 4 is 6.29 Å². The van der Waals surface area contributed by atoms with Crippen LogP contribution in [0.1, 0.15) is 46.0 Å². The van der Waals surface area contributed by atoms with Gasteiger partial charge in [-0.05, 0) is 60.8 Å². The Kier molecular flexibility index (Phi) is 3.44. The average Bonchev–Trinajstić information content (AvgIpc) is 2.33. The van der Waals surface area contributed by atoms with Crippen LogP contribution in [0.4, 0.5) is 0 Å². The van der Waals surface area contributed by atoms with E-state index in [9.17, 15) is 9.90 Å². The van der Waals surface area contributed by atoms with Crippen molar-refractivity contribution in [2.75, 3.05) is 0 Å². The van der Waals surface area contributed by atoms with Crippen LogP contribution in [0.15, 0.2) is 12.2 Å². The van der Waals surface area contributed by atoms with E-state index in [2.05, 4.69) is 20.4 Å². The third-order valence-corrected chi connectivity index (χ3v) is 5.43. The van der Waals surface area contributed by atoms with Crippen LogP contribution in [0, 0.1) is 23.2 Å². The third kappa shape index (κ3) is 2.20. The normalized spacial score (nSPS) is 46.1. The molecule has 0 heterocycles. The Labute approximate surface area is 104 Å². The molecule has 0 radical (unpaired) electrons. The molecular weight excluding hydrogens is 212 g/mol. The SMILES string of the molecule is C=C(C=O)[C@@H]1CC[C@@]2(C)CC[C@H](O)[C@@H](C)[C@@H]2C1. The van der Waals surface area contributed by atoms with Crippen molar-refractivity contribution in [1.82, 2.24) is 0 Å². The first-order valence-corrected chi connectivity index (χ1v) is 6.80. The zero-order chi connectivity index (χ0) is 12.6. The Hall–Kier alpha value is -0.630. The molecule has 2 saturated carbocycles. The minimum absolute atomic E-state index is 0.156. The van der Waals surface area contributed by atoms with Crippen LogP contribution in [0.25, 0.3) is 0 Å². The van der Waals surface area contributed by atoms with Gasteiger partial charge >= 0.3 is 0 Å². The largest absolute Gasteiger partial charge is 0.393 e. The Morgan fingerprint density at radius 1 is 1.41 bits per heavy atom. The molecule has 0 saturated heterocycles. The quantitative estimate of drug-likeness (QED) is 0.591. The molecule has 0 aromatic heterocycles. The van der Waals surface area contributed by atoms with Crippen molar-refractivity contribution in [3.63, 3.8) is 0 Å². The van der Waals surface area contributed by atoms with Gasteiger partial charge in [0, 0.05) is 0 Å². The van der Waals surface area contributed by atoms with Gasteiger partial charge in [0.15, 0.2) is 0 Å². The highest BCUT2D eigenvalue weighted by molar-refractivity contribution is 5.72. The van der Waals surface area contributed by atoms with E-state index >= 15 is 0 Å². The number of allylic oxidation sites excluding steroid dienone is 1. The number of rotatable bonds is 2. The van der Waals surface area contributed by atoms with Crippen molar-refractivity contribution in [3.05, 3.63) is 12.2 Å². The lowest BCUT2D eigenvalue weighted by molar-refractivity contribution is -0.106. The molecular formula is C15H24O2. The minimum Gasteiger partial charge on any atom is -0.393 e. The summed E-state index contributed by atoms with van der Waals surface area (Å²) < 4.78 is 0. The van der Waals surface area contributed by atoms with Crippen molar-refractivity contribution < 1.29 is 9.90 Å². The molecule has 0 bridgehead atoms. The van der Waals surface area contributed by atoms with Crippen LogP contribution in [-0.2, 0) is 4.79 Å². The molecule has 0 aliphatic heterocycles. The zero-order valence-corrected chi connectivity index (χ0v) is 11.0. The number of aliphatic hydroxyl groups is 1. The van der Waals surface area contributed by atoms with Gasteiger partial charge in [0.05, 0.1) is 6.10 Å². The molecule has 2 nitrogen and oxygen atoms in total. The number of carbonyl (C=O) groups excluding carboxylic acids is 1. The highest BCUT2D eigenvalue weighted by Crippen LogP contribution is 2.54. The van der Waals surface area contributed by atoms with Crippen LogP contribution >= 0.6 is 0 Å². The number of fused-ring (bicyclic) bond motifs is 1. The van der Waals surface area contributed by atoms with Gasteiger partial charge in [-0.1, -0.05) is 20.4 Å². The summed E-state index contributed by atoms with van der Waals surface area (Å²) in [5.74, 6) is 1.25. The molecule has 2 aliphatic rings. The van der Waals surface area contributed by atoms with E-state index in [0.717, 1.165) is 37.5 Å². The summed E-state index contributed by atoms with van der Waals surface area (Å²) in [5, 5.41) is 10.0. The summed E-state index contributed by atoms with van der Waals surface area (Å²) in [5.41, 5.74) is 1.12. The van der Waals surface area contributed by atoms with Crippen LogP contribution in [0.2, 0.25) is 0 Å².